The van der Waals surface area contributed by atoms with Crippen LogP contribution in [0.4, 0.5) is 0 Å². The zero-order chi connectivity index (χ0) is 14.1. The Kier molecular flexibility index (Phi) is 3.06. The van der Waals surface area contributed by atoms with Crippen molar-refractivity contribution < 1.29 is 14.3 Å². The van der Waals surface area contributed by atoms with E-state index in [9.17, 15) is 4.79 Å². The van der Waals surface area contributed by atoms with Crippen LogP contribution in [0.5, 0.6) is 5.75 Å². The van der Waals surface area contributed by atoms with Crippen molar-refractivity contribution >= 4 is 27.8 Å². The maximum absolute atomic E-state index is 10.9. The molecule has 102 valence electrons. The monoisotopic (exact) mass is 269 g/mol. The molecule has 0 aliphatic heterocycles. The van der Waals surface area contributed by atoms with Gasteiger partial charge in [0, 0.05) is 23.2 Å². The third kappa shape index (κ3) is 2.09. The summed E-state index contributed by atoms with van der Waals surface area (Å²) in [5.41, 5.74) is 2.93. The average Bonchev–Trinajstić information content (AvgIpc) is 2.83. The molecule has 0 saturated carbocycles. The Morgan fingerprint density at radius 2 is 2.00 bits per heavy atom. The topological polar surface area (TPSA) is 51.3 Å². The molecule has 4 nitrogen and oxygen atoms in total. The Morgan fingerprint density at radius 1 is 1.20 bits per heavy atom. The van der Waals surface area contributed by atoms with Crippen LogP contribution in [0.1, 0.15) is 12.5 Å². The maximum Gasteiger partial charge on any atom is 0.302 e. The number of carbonyl (C=O) groups excluding carboxylic acids is 1. The minimum atomic E-state index is -0.289. The minimum Gasteiger partial charge on any atom is -0.495 e. The molecule has 0 saturated heterocycles. The Bertz CT molecular complexity index is 789. The number of rotatable bonds is 3. The minimum absolute atomic E-state index is 0.251. The predicted molar refractivity (Wildman–Crippen MR) is 77.8 cm³/mol. The first-order chi connectivity index (χ1) is 9.69. The molecular formula is C16H15NO3. The summed E-state index contributed by atoms with van der Waals surface area (Å²) in [6.45, 7) is 1.66. The average molecular weight is 269 g/mol. The second kappa shape index (κ2) is 4.89. The first-order valence-corrected chi connectivity index (χ1v) is 6.39. The third-order valence-corrected chi connectivity index (χ3v) is 3.30. The molecule has 1 N–H and O–H groups in total. The molecule has 4 heteroatoms. The molecule has 0 aliphatic rings. The van der Waals surface area contributed by atoms with Gasteiger partial charge in [-0.25, -0.2) is 0 Å². The summed E-state index contributed by atoms with van der Waals surface area (Å²) < 4.78 is 10.5. The van der Waals surface area contributed by atoms with Gasteiger partial charge >= 0.3 is 5.97 Å². The van der Waals surface area contributed by atoms with E-state index in [0.29, 0.717) is 0 Å². The number of H-pyrrole nitrogens is 1. The van der Waals surface area contributed by atoms with E-state index in [4.69, 9.17) is 9.47 Å². The van der Waals surface area contributed by atoms with Crippen LogP contribution in [-0.2, 0) is 16.1 Å². The number of esters is 1. The Hall–Kier alpha value is -2.49. The molecule has 3 aromatic rings. The second-order valence-electron chi connectivity index (χ2n) is 4.67. The zero-order valence-corrected chi connectivity index (χ0v) is 11.4. The summed E-state index contributed by atoms with van der Waals surface area (Å²) in [6, 6.07) is 12.0. The van der Waals surface area contributed by atoms with E-state index in [2.05, 4.69) is 11.1 Å². The smallest absolute Gasteiger partial charge is 0.302 e. The van der Waals surface area contributed by atoms with Crippen molar-refractivity contribution in [3.8, 4) is 5.75 Å². The van der Waals surface area contributed by atoms with E-state index >= 15 is 0 Å². The van der Waals surface area contributed by atoms with E-state index in [1.165, 1.54) is 6.92 Å². The number of nitrogens with one attached hydrogen (secondary N) is 1. The van der Waals surface area contributed by atoms with Crippen LogP contribution in [0.25, 0.3) is 21.8 Å². The molecule has 0 amide bonds. The predicted octanol–water partition coefficient (Wildman–Crippen LogP) is 3.39. The van der Waals surface area contributed by atoms with Crippen molar-refractivity contribution in [3.63, 3.8) is 0 Å². The molecule has 0 fully saturated rings. The first-order valence-electron chi connectivity index (χ1n) is 6.39. The molecule has 3 rings (SSSR count). The van der Waals surface area contributed by atoms with Gasteiger partial charge in [0.15, 0.2) is 0 Å². The number of benzene rings is 2. The fraction of sp³-hybridized carbons (Fsp3) is 0.188. The van der Waals surface area contributed by atoms with Crippen LogP contribution < -0.4 is 4.74 Å². The molecule has 2 aromatic carbocycles. The van der Waals surface area contributed by atoms with E-state index in [1.807, 2.05) is 30.3 Å². The van der Waals surface area contributed by atoms with Gasteiger partial charge in [-0.2, -0.15) is 0 Å². The lowest BCUT2D eigenvalue weighted by Gasteiger charge is -2.07. The first kappa shape index (κ1) is 12.5. The molecule has 0 atom stereocenters. The van der Waals surface area contributed by atoms with Gasteiger partial charge in [-0.3, -0.25) is 4.79 Å². The summed E-state index contributed by atoms with van der Waals surface area (Å²) in [4.78, 5) is 14.3. The third-order valence-electron chi connectivity index (χ3n) is 3.30. The lowest BCUT2D eigenvalue weighted by molar-refractivity contribution is -0.142. The van der Waals surface area contributed by atoms with Gasteiger partial charge < -0.3 is 14.5 Å². The molecule has 0 aliphatic carbocycles. The lowest BCUT2D eigenvalue weighted by Crippen LogP contribution is -1.99. The van der Waals surface area contributed by atoms with Gasteiger partial charge in [0.2, 0.25) is 0 Å². The van der Waals surface area contributed by atoms with Gasteiger partial charge in [-0.15, -0.1) is 0 Å². The standard InChI is InChI=1S/C16H15NO3/c1-10(18)20-9-11-7-13-12-5-3-4-6-14(12)17-16(13)15(8-11)19-2/h3-8,17H,9H2,1-2H3. The summed E-state index contributed by atoms with van der Waals surface area (Å²) >= 11 is 0. The Balaban J connectivity index is 2.19. The van der Waals surface area contributed by atoms with E-state index in [1.54, 1.807) is 7.11 Å². The van der Waals surface area contributed by atoms with E-state index in [0.717, 1.165) is 33.1 Å². The summed E-state index contributed by atoms with van der Waals surface area (Å²) in [5.74, 6) is 0.462. The van der Waals surface area contributed by atoms with Crippen LogP contribution in [0.2, 0.25) is 0 Å². The zero-order valence-electron chi connectivity index (χ0n) is 11.4. The fourth-order valence-corrected chi connectivity index (χ4v) is 2.40. The van der Waals surface area contributed by atoms with Crippen molar-refractivity contribution in [3.05, 3.63) is 42.0 Å². The number of aromatic amines is 1. The maximum atomic E-state index is 10.9. The number of hydrogen-bond acceptors (Lipinski definition) is 3. The lowest BCUT2D eigenvalue weighted by atomic mass is 10.1. The van der Waals surface area contributed by atoms with Gasteiger partial charge in [0.1, 0.15) is 12.4 Å². The summed E-state index contributed by atoms with van der Waals surface area (Å²) in [7, 11) is 1.63. The molecule has 20 heavy (non-hydrogen) atoms. The highest BCUT2D eigenvalue weighted by atomic mass is 16.5. The van der Waals surface area contributed by atoms with E-state index < -0.39 is 0 Å². The van der Waals surface area contributed by atoms with Crippen LogP contribution in [0.3, 0.4) is 0 Å². The van der Waals surface area contributed by atoms with Gasteiger partial charge in [-0.1, -0.05) is 18.2 Å². The van der Waals surface area contributed by atoms with Crippen molar-refractivity contribution in [2.75, 3.05) is 7.11 Å². The van der Waals surface area contributed by atoms with Crippen LogP contribution in [0.15, 0.2) is 36.4 Å². The molecule has 1 heterocycles. The highest BCUT2D eigenvalue weighted by molar-refractivity contribution is 6.09. The number of methoxy groups -OCH3 is 1. The second-order valence-corrected chi connectivity index (χ2v) is 4.67. The number of ether oxygens (including phenoxy) is 2. The largest absolute Gasteiger partial charge is 0.495 e. The van der Waals surface area contributed by atoms with Crippen molar-refractivity contribution in [1.82, 2.24) is 4.98 Å². The Labute approximate surface area is 116 Å². The van der Waals surface area contributed by atoms with Crippen LogP contribution in [0, 0.1) is 0 Å². The van der Waals surface area contributed by atoms with Gasteiger partial charge in [0.25, 0.3) is 0 Å². The molecule has 1 aromatic heterocycles. The fourth-order valence-electron chi connectivity index (χ4n) is 2.40. The van der Waals surface area contributed by atoms with Crippen LogP contribution in [-0.4, -0.2) is 18.1 Å². The van der Waals surface area contributed by atoms with Gasteiger partial charge in [-0.05, 0) is 23.8 Å². The van der Waals surface area contributed by atoms with E-state index in [-0.39, 0.29) is 12.6 Å². The molecule has 0 radical (unpaired) electrons. The number of fused-ring (bicyclic) bond motifs is 3. The van der Waals surface area contributed by atoms with Crippen molar-refractivity contribution in [2.24, 2.45) is 0 Å². The molecule has 0 spiro atoms. The Morgan fingerprint density at radius 3 is 2.75 bits per heavy atom. The van der Waals surface area contributed by atoms with Crippen LogP contribution >= 0.6 is 0 Å². The molecule has 0 unspecified atom stereocenters. The number of para-hydroxylation sites is 1. The number of hydrogen-bond donors (Lipinski definition) is 1. The SMILES string of the molecule is COc1cc(COC(C)=O)cc2c1[nH]c1ccccc12. The molecular weight excluding hydrogens is 254 g/mol. The van der Waals surface area contributed by atoms with Crippen molar-refractivity contribution in [2.45, 2.75) is 13.5 Å². The van der Waals surface area contributed by atoms with Gasteiger partial charge in [0.05, 0.1) is 12.6 Å². The number of aromatic nitrogens is 1. The highest BCUT2D eigenvalue weighted by Gasteiger charge is 2.11. The summed E-state index contributed by atoms with van der Waals surface area (Å²) in [5, 5.41) is 2.20. The number of carbonyl (C=O) groups is 1. The van der Waals surface area contributed by atoms with Crippen molar-refractivity contribution in [1.29, 1.82) is 0 Å². The normalized spacial score (nSPS) is 10.9. The summed E-state index contributed by atoms with van der Waals surface area (Å²) in [6.07, 6.45) is 0. The molecule has 0 bridgehead atoms. The highest BCUT2D eigenvalue weighted by Crippen LogP contribution is 2.33. The quantitative estimate of drug-likeness (QED) is 0.741.